The van der Waals surface area contributed by atoms with Crippen molar-refractivity contribution in [2.45, 2.75) is 25.8 Å². The topological polar surface area (TPSA) is 68.5 Å². The van der Waals surface area contributed by atoms with Gasteiger partial charge in [-0.15, -0.1) is 0 Å². The molecule has 0 saturated heterocycles. The van der Waals surface area contributed by atoms with Gasteiger partial charge in [0.1, 0.15) is 5.75 Å². The molecular weight excluding hydrogens is 230 g/mol. The van der Waals surface area contributed by atoms with Gasteiger partial charge in [-0.3, -0.25) is 9.78 Å². The first-order chi connectivity index (χ1) is 8.49. The molecule has 1 amide bonds. The molecule has 0 bridgehead atoms. The number of carbonyl (C=O) groups excluding carboxylic acids is 1. The molecular formula is C13H21N3O2. The van der Waals surface area contributed by atoms with Crippen LogP contribution in [0.2, 0.25) is 0 Å². The number of aromatic nitrogens is 1. The molecule has 0 aliphatic carbocycles. The number of hydrogen-bond acceptors (Lipinski definition) is 4. The molecule has 2 N–H and O–H groups in total. The van der Waals surface area contributed by atoms with E-state index in [4.69, 9.17) is 10.5 Å². The summed E-state index contributed by atoms with van der Waals surface area (Å²) < 4.78 is 5.45. The van der Waals surface area contributed by atoms with E-state index in [0.29, 0.717) is 18.8 Å². The van der Waals surface area contributed by atoms with Gasteiger partial charge in [-0.1, -0.05) is 0 Å². The van der Waals surface area contributed by atoms with Crippen molar-refractivity contribution in [2.75, 3.05) is 20.7 Å². The van der Waals surface area contributed by atoms with Gasteiger partial charge in [0.05, 0.1) is 19.2 Å². The lowest BCUT2D eigenvalue weighted by Crippen LogP contribution is -2.23. The van der Waals surface area contributed by atoms with Gasteiger partial charge in [0, 0.05) is 32.3 Å². The maximum Gasteiger partial charge on any atom is 0.225 e. The van der Waals surface area contributed by atoms with E-state index in [9.17, 15) is 4.79 Å². The summed E-state index contributed by atoms with van der Waals surface area (Å²) >= 11 is 0. The number of rotatable bonds is 6. The van der Waals surface area contributed by atoms with Crippen molar-refractivity contribution >= 4 is 5.91 Å². The van der Waals surface area contributed by atoms with Crippen molar-refractivity contribution in [3.05, 3.63) is 24.0 Å². The molecule has 0 aliphatic rings. The van der Waals surface area contributed by atoms with Crippen molar-refractivity contribution in [2.24, 2.45) is 5.73 Å². The number of carbonyl (C=O) groups is 1. The normalized spacial score (nSPS) is 12.0. The van der Waals surface area contributed by atoms with Crippen LogP contribution in [0.5, 0.6) is 5.75 Å². The minimum absolute atomic E-state index is 0.0523. The third kappa shape index (κ3) is 5.14. The van der Waals surface area contributed by atoms with Crippen LogP contribution in [0.25, 0.3) is 0 Å². The Hall–Kier alpha value is -1.62. The quantitative estimate of drug-likeness (QED) is 0.813. The first kappa shape index (κ1) is 14.4. The first-order valence-corrected chi connectivity index (χ1v) is 6.02. The maximum absolute atomic E-state index is 11.3. The molecule has 100 valence electrons. The zero-order chi connectivity index (χ0) is 13.5. The second kappa shape index (κ2) is 6.96. The highest BCUT2D eigenvalue weighted by Crippen LogP contribution is 2.10. The number of amides is 1. The number of nitrogens with zero attached hydrogens (tertiary/aromatic N) is 2. The summed E-state index contributed by atoms with van der Waals surface area (Å²) in [5, 5.41) is 0. The molecule has 1 aromatic rings. The predicted octanol–water partition coefficient (Wildman–Crippen LogP) is 0.828. The minimum atomic E-state index is 0.0523. The molecule has 1 rings (SSSR count). The minimum Gasteiger partial charge on any atom is -0.491 e. The van der Waals surface area contributed by atoms with E-state index in [2.05, 4.69) is 4.98 Å². The molecule has 5 nitrogen and oxygen atoms in total. The summed E-state index contributed by atoms with van der Waals surface area (Å²) in [5.74, 6) is 0.728. The second-order valence-corrected chi connectivity index (χ2v) is 4.55. The number of pyridine rings is 1. The first-order valence-electron chi connectivity index (χ1n) is 6.02. The molecule has 5 heteroatoms. The highest BCUT2D eigenvalue weighted by molar-refractivity contribution is 5.75. The summed E-state index contributed by atoms with van der Waals surface area (Å²) in [4.78, 5) is 17.1. The average molecular weight is 251 g/mol. The molecule has 0 aromatic carbocycles. The highest BCUT2D eigenvalue weighted by atomic mass is 16.5. The van der Waals surface area contributed by atoms with Gasteiger partial charge in [-0.2, -0.15) is 0 Å². The zero-order valence-electron chi connectivity index (χ0n) is 11.2. The Morgan fingerprint density at radius 1 is 1.50 bits per heavy atom. The van der Waals surface area contributed by atoms with Crippen molar-refractivity contribution in [3.8, 4) is 5.75 Å². The van der Waals surface area contributed by atoms with E-state index < -0.39 is 0 Å². The van der Waals surface area contributed by atoms with E-state index >= 15 is 0 Å². The van der Waals surface area contributed by atoms with Crippen LogP contribution in [-0.2, 0) is 11.2 Å². The molecule has 1 unspecified atom stereocenters. The van der Waals surface area contributed by atoms with E-state index in [1.165, 1.54) is 0 Å². The van der Waals surface area contributed by atoms with E-state index in [-0.39, 0.29) is 11.9 Å². The Kier molecular flexibility index (Phi) is 5.58. The largest absolute Gasteiger partial charge is 0.491 e. The van der Waals surface area contributed by atoms with Crippen LogP contribution >= 0.6 is 0 Å². The van der Waals surface area contributed by atoms with Crippen molar-refractivity contribution < 1.29 is 9.53 Å². The lowest BCUT2D eigenvalue weighted by molar-refractivity contribution is -0.129. The molecule has 0 saturated carbocycles. The van der Waals surface area contributed by atoms with Crippen LogP contribution in [0, 0.1) is 0 Å². The molecule has 0 spiro atoms. The van der Waals surface area contributed by atoms with Crippen LogP contribution in [-0.4, -0.2) is 42.5 Å². The van der Waals surface area contributed by atoms with Gasteiger partial charge in [0.2, 0.25) is 5.91 Å². The van der Waals surface area contributed by atoms with Crippen LogP contribution in [0.1, 0.15) is 19.0 Å². The number of hydrogen-bond donors (Lipinski definition) is 1. The van der Waals surface area contributed by atoms with Crippen molar-refractivity contribution in [1.82, 2.24) is 9.88 Å². The second-order valence-electron chi connectivity index (χ2n) is 4.55. The number of ether oxygens (including phenoxy) is 1. The standard InChI is InChI=1S/C13H21N3O2/c1-10(14)8-11-4-5-12(9-15-11)18-7-6-13(17)16(2)3/h4-5,9-10H,6-8,14H2,1-3H3. The lowest BCUT2D eigenvalue weighted by Gasteiger charge is -2.11. The Bertz CT molecular complexity index is 374. The Labute approximate surface area is 108 Å². The van der Waals surface area contributed by atoms with Gasteiger partial charge < -0.3 is 15.4 Å². The van der Waals surface area contributed by atoms with Crippen molar-refractivity contribution in [3.63, 3.8) is 0 Å². The fourth-order valence-corrected chi connectivity index (χ4v) is 1.43. The summed E-state index contributed by atoms with van der Waals surface area (Å²) in [6, 6.07) is 3.85. The van der Waals surface area contributed by atoms with E-state index in [0.717, 1.165) is 12.1 Å². The molecule has 0 aliphatic heterocycles. The molecule has 0 radical (unpaired) electrons. The Morgan fingerprint density at radius 3 is 2.72 bits per heavy atom. The van der Waals surface area contributed by atoms with Crippen molar-refractivity contribution in [1.29, 1.82) is 0 Å². The van der Waals surface area contributed by atoms with Gasteiger partial charge >= 0.3 is 0 Å². The molecule has 18 heavy (non-hydrogen) atoms. The molecule has 1 heterocycles. The smallest absolute Gasteiger partial charge is 0.225 e. The maximum atomic E-state index is 11.3. The van der Waals surface area contributed by atoms with Crippen LogP contribution < -0.4 is 10.5 Å². The van der Waals surface area contributed by atoms with Gasteiger partial charge in [-0.25, -0.2) is 0 Å². The predicted molar refractivity (Wildman–Crippen MR) is 70.4 cm³/mol. The third-order valence-corrected chi connectivity index (χ3v) is 2.41. The molecule has 1 atom stereocenters. The fourth-order valence-electron chi connectivity index (χ4n) is 1.43. The van der Waals surface area contributed by atoms with Crippen LogP contribution in [0.3, 0.4) is 0 Å². The Morgan fingerprint density at radius 2 is 2.22 bits per heavy atom. The van der Waals surface area contributed by atoms with E-state index in [1.54, 1.807) is 25.2 Å². The SMILES string of the molecule is CC(N)Cc1ccc(OCCC(=O)N(C)C)cn1. The lowest BCUT2D eigenvalue weighted by atomic mass is 10.2. The Balaban J connectivity index is 2.37. The van der Waals surface area contributed by atoms with Gasteiger partial charge in [0.15, 0.2) is 0 Å². The van der Waals surface area contributed by atoms with Gasteiger partial charge in [0.25, 0.3) is 0 Å². The fraction of sp³-hybridized carbons (Fsp3) is 0.538. The summed E-state index contributed by atoms with van der Waals surface area (Å²) in [6.07, 6.45) is 2.78. The monoisotopic (exact) mass is 251 g/mol. The molecule has 0 fully saturated rings. The summed E-state index contributed by atoms with van der Waals surface area (Å²) in [7, 11) is 3.46. The van der Waals surface area contributed by atoms with Gasteiger partial charge in [-0.05, 0) is 19.1 Å². The third-order valence-electron chi connectivity index (χ3n) is 2.41. The number of nitrogens with two attached hydrogens (primary N) is 1. The van der Waals surface area contributed by atoms with Crippen LogP contribution in [0.15, 0.2) is 18.3 Å². The van der Waals surface area contributed by atoms with Crippen LogP contribution in [0.4, 0.5) is 0 Å². The summed E-state index contributed by atoms with van der Waals surface area (Å²) in [5.41, 5.74) is 6.64. The average Bonchev–Trinajstić information content (AvgIpc) is 2.30. The summed E-state index contributed by atoms with van der Waals surface area (Å²) in [6.45, 7) is 2.31. The van der Waals surface area contributed by atoms with E-state index in [1.807, 2.05) is 19.1 Å². The zero-order valence-corrected chi connectivity index (χ0v) is 11.2. The highest BCUT2D eigenvalue weighted by Gasteiger charge is 2.04. The molecule has 1 aromatic heterocycles.